The first-order valence-corrected chi connectivity index (χ1v) is 4.11. The van der Waals surface area contributed by atoms with E-state index in [0.29, 0.717) is 11.3 Å². The maximum atomic E-state index is 12.4. The molecule has 1 aromatic rings. The molecule has 3 nitrogen and oxygen atoms in total. The normalized spacial score (nSPS) is 12.1. The fourth-order valence-electron chi connectivity index (χ4n) is 1.13. The molecule has 0 spiro atoms. The Bertz CT molecular complexity index is 308. The quantitative estimate of drug-likeness (QED) is 0.802. The van der Waals surface area contributed by atoms with Crippen molar-refractivity contribution in [2.45, 2.75) is 5.92 Å². The monoisotopic (exact) mass is 198 g/mol. The molecular formula is C10H11FO3. The van der Waals surface area contributed by atoms with Crippen molar-refractivity contribution in [1.82, 2.24) is 0 Å². The zero-order valence-corrected chi connectivity index (χ0v) is 7.74. The number of benzene rings is 1. The third-order valence-electron chi connectivity index (χ3n) is 1.97. The van der Waals surface area contributed by atoms with Crippen molar-refractivity contribution in [2.75, 3.05) is 13.8 Å². The molecule has 0 saturated heterocycles. The zero-order valence-electron chi connectivity index (χ0n) is 7.74. The zero-order chi connectivity index (χ0) is 10.6. The molecule has 0 heterocycles. The smallest absolute Gasteiger partial charge is 0.313 e. The van der Waals surface area contributed by atoms with Crippen molar-refractivity contribution in [3.05, 3.63) is 29.8 Å². The Labute approximate surface area is 81.1 Å². The summed E-state index contributed by atoms with van der Waals surface area (Å²) in [5, 5.41) is 8.68. The number of aliphatic carboxylic acids is 1. The lowest BCUT2D eigenvalue weighted by Crippen LogP contribution is -2.13. The van der Waals surface area contributed by atoms with Gasteiger partial charge in [-0.1, -0.05) is 12.1 Å². The number of halogens is 1. The molecule has 14 heavy (non-hydrogen) atoms. The Morgan fingerprint density at radius 1 is 1.50 bits per heavy atom. The van der Waals surface area contributed by atoms with Crippen LogP contribution in [0.3, 0.4) is 0 Å². The molecule has 4 heteroatoms. The van der Waals surface area contributed by atoms with Crippen molar-refractivity contribution in [2.24, 2.45) is 0 Å². The molecule has 0 aliphatic heterocycles. The van der Waals surface area contributed by atoms with Crippen LogP contribution in [0.2, 0.25) is 0 Å². The second kappa shape index (κ2) is 4.60. The molecule has 1 rings (SSSR count). The summed E-state index contributed by atoms with van der Waals surface area (Å²) in [7, 11) is 1.51. The minimum absolute atomic E-state index is 0.445. The van der Waals surface area contributed by atoms with Crippen molar-refractivity contribution >= 4 is 5.97 Å². The molecule has 0 bridgehead atoms. The number of carboxylic acid groups (broad SMARTS) is 1. The maximum absolute atomic E-state index is 12.4. The predicted molar refractivity (Wildman–Crippen MR) is 49.3 cm³/mol. The summed E-state index contributed by atoms with van der Waals surface area (Å²) < 4.78 is 17.3. The lowest BCUT2D eigenvalue weighted by atomic mass is 10.0. The Morgan fingerprint density at radius 3 is 2.43 bits per heavy atom. The lowest BCUT2D eigenvalue weighted by Gasteiger charge is -2.08. The largest absolute Gasteiger partial charge is 0.497 e. The average Bonchev–Trinajstić information content (AvgIpc) is 2.19. The van der Waals surface area contributed by atoms with Crippen LogP contribution in [0.1, 0.15) is 11.5 Å². The molecule has 0 aliphatic carbocycles. The molecule has 0 amide bonds. The number of carboxylic acids is 1. The van der Waals surface area contributed by atoms with Gasteiger partial charge in [-0.15, -0.1) is 0 Å². The van der Waals surface area contributed by atoms with Gasteiger partial charge in [0, 0.05) is 0 Å². The number of carbonyl (C=O) groups is 1. The third-order valence-corrected chi connectivity index (χ3v) is 1.97. The highest BCUT2D eigenvalue weighted by molar-refractivity contribution is 5.76. The molecular weight excluding hydrogens is 187 g/mol. The molecule has 0 aromatic heterocycles. The molecule has 0 radical (unpaired) electrons. The minimum Gasteiger partial charge on any atom is -0.497 e. The number of rotatable bonds is 4. The van der Waals surface area contributed by atoms with Crippen LogP contribution in [0.5, 0.6) is 5.75 Å². The van der Waals surface area contributed by atoms with E-state index in [1.54, 1.807) is 24.3 Å². The van der Waals surface area contributed by atoms with Gasteiger partial charge in [0.1, 0.15) is 18.3 Å². The lowest BCUT2D eigenvalue weighted by molar-refractivity contribution is -0.139. The molecule has 0 aliphatic rings. The average molecular weight is 198 g/mol. The molecule has 76 valence electrons. The Morgan fingerprint density at radius 2 is 2.07 bits per heavy atom. The fourth-order valence-corrected chi connectivity index (χ4v) is 1.13. The Balaban J connectivity index is 2.89. The molecule has 1 aromatic carbocycles. The summed E-state index contributed by atoms with van der Waals surface area (Å²) in [5.74, 6) is -1.62. The van der Waals surface area contributed by atoms with Gasteiger partial charge in [-0.3, -0.25) is 4.79 Å². The first-order valence-electron chi connectivity index (χ1n) is 4.11. The molecule has 1 N–H and O–H groups in total. The maximum Gasteiger partial charge on any atom is 0.313 e. The summed E-state index contributed by atoms with van der Waals surface area (Å²) in [4.78, 5) is 10.6. The minimum atomic E-state index is -1.15. The van der Waals surface area contributed by atoms with E-state index >= 15 is 0 Å². The van der Waals surface area contributed by atoms with Crippen LogP contribution in [0, 0.1) is 0 Å². The third kappa shape index (κ3) is 2.22. The summed E-state index contributed by atoms with van der Waals surface area (Å²) in [6.07, 6.45) is 0. The van der Waals surface area contributed by atoms with E-state index in [2.05, 4.69) is 0 Å². The van der Waals surface area contributed by atoms with Crippen LogP contribution >= 0.6 is 0 Å². The first-order chi connectivity index (χ1) is 6.69. The van der Waals surface area contributed by atoms with Crippen molar-refractivity contribution in [3.8, 4) is 5.75 Å². The SMILES string of the molecule is COc1ccc(C(CF)C(=O)O)cc1. The van der Waals surface area contributed by atoms with Gasteiger partial charge in [-0.25, -0.2) is 4.39 Å². The Hall–Kier alpha value is -1.58. The Kier molecular flexibility index (Phi) is 3.45. The standard InChI is InChI=1S/C10H11FO3/c1-14-8-4-2-7(3-5-8)9(6-11)10(12)13/h2-5,9H,6H2,1H3,(H,12,13). The molecule has 0 saturated carbocycles. The van der Waals surface area contributed by atoms with E-state index in [1.807, 2.05) is 0 Å². The van der Waals surface area contributed by atoms with Crippen LogP contribution in [0.25, 0.3) is 0 Å². The van der Waals surface area contributed by atoms with Gasteiger partial charge in [0.2, 0.25) is 0 Å². The van der Waals surface area contributed by atoms with E-state index in [1.165, 1.54) is 7.11 Å². The van der Waals surface area contributed by atoms with Crippen molar-refractivity contribution < 1.29 is 19.0 Å². The van der Waals surface area contributed by atoms with Crippen LogP contribution in [0.15, 0.2) is 24.3 Å². The van der Waals surface area contributed by atoms with E-state index < -0.39 is 18.6 Å². The van der Waals surface area contributed by atoms with E-state index in [-0.39, 0.29) is 0 Å². The fraction of sp³-hybridized carbons (Fsp3) is 0.300. The first kappa shape index (κ1) is 10.5. The number of methoxy groups -OCH3 is 1. The number of ether oxygens (including phenoxy) is 1. The molecule has 0 fully saturated rings. The second-order valence-electron chi connectivity index (χ2n) is 2.82. The van der Waals surface area contributed by atoms with Gasteiger partial charge in [0.05, 0.1) is 7.11 Å². The summed E-state index contributed by atoms with van der Waals surface area (Å²) in [6.45, 7) is -0.901. The van der Waals surface area contributed by atoms with E-state index in [4.69, 9.17) is 9.84 Å². The summed E-state index contributed by atoms with van der Waals surface area (Å²) in [6, 6.07) is 6.33. The topological polar surface area (TPSA) is 46.5 Å². The number of hydrogen-bond donors (Lipinski definition) is 1. The van der Waals surface area contributed by atoms with Crippen molar-refractivity contribution in [1.29, 1.82) is 0 Å². The highest BCUT2D eigenvalue weighted by Crippen LogP contribution is 2.20. The molecule has 1 atom stereocenters. The summed E-state index contributed by atoms with van der Waals surface area (Å²) in [5.41, 5.74) is 0.445. The molecule has 1 unspecified atom stereocenters. The van der Waals surface area contributed by atoms with Crippen LogP contribution in [-0.2, 0) is 4.79 Å². The number of hydrogen-bond acceptors (Lipinski definition) is 2. The van der Waals surface area contributed by atoms with Gasteiger partial charge in [0.25, 0.3) is 0 Å². The van der Waals surface area contributed by atoms with Crippen molar-refractivity contribution in [3.63, 3.8) is 0 Å². The van der Waals surface area contributed by atoms with Crippen LogP contribution < -0.4 is 4.74 Å². The summed E-state index contributed by atoms with van der Waals surface area (Å²) >= 11 is 0. The van der Waals surface area contributed by atoms with Gasteiger partial charge in [-0.05, 0) is 17.7 Å². The van der Waals surface area contributed by atoms with Gasteiger partial charge in [0.15, 0.2) is 0 Å². The predicted octanol–water partition coefficient (Wildman–Crippen LogP) is 1.83. The highest BCUT2D eigenvalue weighted by atomic mass is 19.1. The van der Waals surface area contributed by atoms with Crippen LogP contribution in [-0.4, -0.2) is 24.9 Å². The van der Waals surface area contributed by atoms with E-state index in [0.717, 1.165) is 0 Å². The van der Waals surface area contributed by atoms with Crippen LogP contribution in [0.4, 0.5) is 4.39 Å². The highest BCUT2D eigenvalue weighted by Gasteiger charge is 2.19. The van der Waals surface area contributed by atoms with Gasteiger partial charge >= 0.3 is 5.97 Å². The van der Waals surface area contributed by atoms with E-state index in [9.17, 15) is 9.18 Å². The number of alkyl halides is 1. The van der Waals surface area contributed by atoms with Gasteiger partial charge < -0.3 is 9.84 Å². The second-order valence-corrected chi connectivity index (χ2v) is 2.82. The van der Waals surface area contributed by atoms with Gasteiger partial charge in [-0.2, -0.15) is 0 Å².